The van der Waals surface area contributed by atoms with Gasteiger partial charge >= 0.3 is 0 Å². The van der Waals surface area contributed by atoms with Gasteiger partial charge in [0.15, 0.2) is 11.3 Å². The third-order valence-corrected chi connectivity index (χ3v) is 18.7. The number of amides is 4. The van der Waals surface area contributed by atoms with Gasteiger partial charge in [-0.3, -0.25) is 28.9 Å². The van der Waals surface area contributed by atoms with Crippen molar-refractivity contribution >= 4 is 63.4 Å². The Labute approximate surface area is 581 Å². The fourth-order valence-corrected chi connectivity index (χ4v) is 12.9. The van der Waals surface area contributed by atoms with Crippen molar-refractivity contribution in [2.45, 2.75) is 137 Å². The summed E-state index contributed by atoms with van der Waals surface area (Å²) in [6, 6.07) is 32.5. The lowest BCUT2D eigenvalue weighted by atomic mass is 10.0. The number of nitrogens with one attached hydrogen (secondary N) is 7. The Morgan fingerprint density at radius 2 is 0.919 bits per heavy atom. The Balaban J connectivity index is 0.000000196. The van der Waals surface area contributed by atoms with E-state index in [-0.39, 0.29) is 68.2 Å². The van der Waals surface area contributed by atoms with Gasteiger partial charge in [0.1, 0.15) is 19.1 Å². The van der Waals surface area contributed by atoms with Gasteiger partial charge in [0.25, 0.3) is 0 Å². The first-order valence-electron chi connectivity index (χ1n) is 35.4. The average molecular weight is 1350 g/mol. The quantitative estimate of drug-likeness (QED) is 0.0210. The fraction of sp³-hybridized carbons (Fsp3) is 0.461. The van der Waals surface area contributed by atoms with Crippen LogP contribution in [0.2, 0.25) is 0 Å². The van der Waals surface area contributed by atoms with Crippen LogP contribution in [-0.4, -0.2) is 179 Å². The zero-order chi connectivity index (χ0) is 69.5. The molecule has 0 radical (unpaired) electrons. The maximum atomic E-state index is 13.0. The molecule has 7 N–H and O–H groups in total. The first kappa shape index (κ1) is 72.8. The Kier molecular flexibility index (Phi) is 27.0. The number of carbonyl (C=O) groups excluding carboxylic acids is 5. The number of aromatic nitrogens is 6. The SMILES string of the molecule is CCc1nc2c(cnn2CC)c(NC2CCOCC2)c1CNC(=O)CC(=O)NCc1cccc(-c2cccc(C=O)c2)c1.CCc1nc2c(cnn2CC)c(NC2CCOCC2)c1CNC(=O)CC(=O)NCc1cccc(-c2cccc(CN3CCN(C)CC3)c2)c1.CN1CCNCC1. The van der Waals surface area contributed by atoms with Crippen LogP contribution in [0.4, 0.5) is 11.4 Å². The maximum Gasteiger partial charge on any atom is 0.229 e. The highest BCUT2D eigenvalue weighted by Crippen LogP contribution is 2.34. The molecule has 526 valence electrons. The van der Waals surface area contributed by atoms with E-state index in [4.69, 9.17) is 19.4 Å². The minimum Gasteiger partial charge on any atom is -0.381 e. The molecule has 4 aliphatic rings. The van der Waals surface area contributed by atoms with Gasteiger partial charge in [-0.15, -0.1) is 0 Å². The molecule has 0 unspecified atom stereocenters. The number of rotatable bonds is 25. The molecule has 23 nitrogen and oxygen atoms in total. The Morgan fingerprint density at radius 3 is 1.33 bits per heavy atom. The molecule has 0 atom stereocenters. The van der Waals surface area contributed by atoms with E-state index in [1.165, 1.54) is 18.7 Å². The topological polar surface area (TPSA) is 259 Å². The molecule has 8 heterocycles. The molecule has 4 aromatic carbocycles. The Bertz CT molecular complexity index is 3990. The van der Waals surface area contributed by atoms with Crippen LogP contribution in [0.25, 0.3) is 44.3 Å². The molecule has 99 heavy (non-hydrogen) atoms. The average Bonchev–Trinajstić information content (AvgIpc) is 1.69. The monoisotopic (exact) mass is 1350 g/mol. The lowest BCUT2D eigenvalue weighted by Gasteiger charge is -2.32. The van der Waals surface area contributed by atoms with Crippen LogP contribution in [0.3, 0.4) is 0 Å². The van der Waals surface area contributed by atoms with Crippen LogP contribution in [0, 0.1) is 0 Å². The number of aldehydes is 1. The maximum absolute atomic E-state index is 13.0. The smallest absolute Gasteiger partial charge is 0.229 e. The van der Waals surface area contributed by atoms with Crippen LogP contribution in [0.1, 0.15) is 116 Å². The van der Waals surface area contributed by atoms with E-state index >= 15 is 0 Å². The second-order valence-electron chi connectivity index (χ2n) is 25.9. The summed E-state index contributed by atoms with van der Waals surface area (Å²) in [6.45, 7) is 23.7. The van der Waals surface area contributed by atoms with E-state index in [1.54, 1.807) is 6.07 Å². The van der Waals surface area contributed by atoms with Crippen molar-refractivity contribution in [1.82, 2.24) is 70.8 Å². The lowest BCUT2D eigenvalue weighted by Crippen LogP contribution is -2.43. The number of piperazine rings is 2. The number of hydrogen-bond donors (Lipinski definition) is 7. The predicted molar refractivity (Wildman–Crippen MR) is 389 cm³/mol. The number of fused-ring (bicyclic) bond motifs is 2. The molecule has 0 bridgehead atoms. The fourth-order valence-electron chi connectivity index (χ4n) is 12.9. The van der Waals surface area contributed by atoms with Crippen LogP contribution in [0.5, 0.6) is 0 Å². The summed E-state index contributed by atoms with van der Waals surface area (Å²) >= 11 is 0. The number of aryl methyl sites for hydroxylation is 4. The van der Waals surface area contributed by atoms with Crippen LogP contribution in [-0.2, 0) is 87.3 Å². The summed E-state index contributed by atoms with van der Waals surface area (Å²) in [4.78, 5) is 79.7. The lowest BCUT2D eigenvalue weighted by molar-refractivity contribution is -0.131. The van der Waals surface area contributed by atoms with E-state index < -0.39 is 0 Å². The van der Waals surface area contributed by atoms with E-state index in [2.05, 4.69) is 126 Å². The molecule has 12 rings (SSSR count). The number of ether oxygens (including phenoxy) is 2. The van der Waals surface area contributed by atoms with E-state index in [0.717, 1.165) is 187 Å². The van der Waals surface area contributed by atoms with Crippen LogP contribution < -0.4 is 37.2 Å². The summed E-state index contributed by atoms with van der Waals surface area (Å²) < 4.78 is 14.9. The van der Waals surface area contributed by atoms with Crippen molar-refractivity contribution in [3.05, 3.63) is 154 Å². The summed E-state index contributed by atoms with van der Waals surface area (Å²) in [5, 5.41) is 33.4. The first-order chi connectivity index (χ1) is 48.3. The van der Waals surface area contributed by atoms with Gasteiger partial charge in [0.2, 0.25) is 23.6 Å². The normalized spacial score (nSPS) is 15.7. The van der Waals surface area contributed by atoms with Crippen molar-refractivity contribution in [3.63, 3.8) is 0 Å². The highest BCUT2D eigenvalue weighted by Gasteiger charge is 2.25. The largest absolute Gasteiger partial charge is 0.381 e. The highest BCUT2D eigenvalue weighted by molar-refractivity contribution is 5.98. The van der Waals surface area contributed by atoms with Gasteiger partial charge in [-0.1, -0.05) is 86.6 Å². The summed E-state index contributed by atoms with van der Waals surface area (Å²) in [6.07, 6.45) is 8.98. The number of carbonyl (C=O) groups is 5. The molecule has 8 aromatic rings. The number of pyridine rings is 2. The standard InChI is InChI=1S/C38H50N8O3.C33H38N6O4.C5H12N2/c1-4-34-32(37(42-31-12-18-49-19-13-31)33-25-41-46(5-2)38(33)43-34)24-40-36(48)22-35(47)39-23-27-8-6-10-29(20-27)30-11-7-9-28(21-30)26-45-16-14-44(3)15-17-45;1-3-29-27(32(37-26-11-13-43-14-12-26)28-20-36-39(4-2)33(28)38-29)19-35-31(42)17-30(41)34-18-22-7-5-9-24(15-22)25-10-6-8-23(16-25)21-40;1-7-4-2-6-3-5-7/h6-11,20-21,25,31H,4-5,12-19,22-24,26H2,1-3H3,(H,39,47)(H,40,48)(H,42,43);5-10,15-16,20-21,26H,3-4,11-14,17-19H2,1-2H3,(H,34,41)(H,35,42)(H,37,38);6H,2-5H2,1H3. The molecule has 0 aliphatic carbocycles. The van der Waals surface area contributed by atoms with Crippen molar-refractivity contribution in [2.24, 2.45) is 0 Å². The van der Waals surface area contributed by atoms with Gasteiger partial charge in [0, 0.05) is 165 Å². The number of nitrogens with zero attached hydrogens (tertiary/aromatic N) is 9. The second-order valence-corrected chi connectivity index (χ2v) is 25.9. The summed E-state index contributed by atoms with van der Waals surface area (Å²) in [5.74, 6) is -1.36. The molecular weight excluding hydrogens is 1250 g/mol. The van der Waals surface area contributed by atoms with Gasteiger partial charge in [-0.2, -0.15) is 10.2 Å². The zero-order valence-electron chi connectivity index (χ0n) is 58.6. The van der Waals surface area contributed by atoms with E-state index in [0.29, 0.717) is 44.7 Å². The molecule has 4 aromatic heterocycles. The van der Waals surface area contributed by atoms with E-state index in [9.17, 15) is 24.0 Å². The van der Waals surface area contributed by atoms with Crippen molar-refractivity contribution in [2.75, 3.05) is 104 Å². The molecule has 4 aliphatic heterocycles. The van der Waals surface area contributed by atoms with Gasteiger partial charge in [-0.25, -0.2) is 19.3 Å². The molecule has 0 saturated carbocycles. The van der Waals surface area contributed by atoms with Gasteiger partial charge in [-0.05, 0) is 130 Å². The van der Waals surface area contributed by atoms with Gasteiger partial charge < -0.3 is 56.5 Å². The number of benzene rings is 4. The Hall–Kier alpha value is -8.97. The van der Waals surface area contributed by atoms with E-state index in [1.807, 2.05) is 90.2 Å². The van der Waals surface area contributed by atoms with Gasteiger partial charge in [0.05, 0.1) is 34.5 Å². The Morgan fingerprint density at radius 1 is 0.515 bits per heavy atom. The summed E-state index contributed by atoms with van der Waals surface area (Å²) in [5.41, 5.74) is 15.1. The third-order valence-electron chi connectivity index (χ3n) is 18.7. The van der Waals surface area contributed by atoms with Crippen molar-refractivity contribution in [3.8, 4) is 22.3 Å². The minimum absolute atomic E-state index is 0.248. The second kappa shape index (κ2) is 36.7. The van der Waals surface area contributed by atoms with Crippen molar-refractivity contribution < 1.29 is 33.4 Å². The molecule has 4 fully saturated rings. The first-order valence-corrected chi connectivity index (χ1v) is 35.4. The number of anilines is 2. The third kappa shape index (κ3) is 20.6. The number of likely N-dealkylation sites (N-methyl/N-ethyl adjacent to an activating group) is 2. The molecular formula is C76H100N16O7. The molecule has 0 spiro atoms. The van der Waals surface area contributed by atoms with Crippen molar-refractivity contribution in [1.29, 1.82) is 0 Å². The molecule has 4 saturated heterocycles. The van der Waals surface area contributed by atoms with Crippen LogP contribution >= 0.6 is 0 Å². The highest BCUT2D eigenvalue weighted by atomic mass is 16.5. The van der Waals surface area contributed by atoms with Crippen LogP contribution in [0.15, 0.2) is 109 Å². The predicted octanol–water partition coefficient (Wildman–Crippen LogP) is 8.27. The molecule has 4 amide bonds. The number of hydrogen-bond acceptors (Lipinski definition) is 17. The minimum atomic E-state index is -0.361. The molecule has 23 heteroatoms. The zero-order valence-corrected chi connectivity index (χ0v) is 58.6. The summed E-state index contributed by atoms with van der Waals surface area (Å²) in [7, 11) is 4.33.